The Hall–Kier alpha value is -1.10. The van der Waals surface area contributed by atoms with Crippen molar-refractivity contribution in [2.24, 2.45) is 0 Å². The highest BCUT2D eigenvalue weighted by atomic mass is 16.5. The monoisotopic (exact) mass is 279 g/mol. The zero-order chi connectivity index (χ0) is 14.6. The number of β-amino-alcohol motifs (C(OH)–C–C–N with tert-alkyl or cyclic N) is 1. The molecule has 0 radical (unpaired) electrons. The third-order valence-electron chi connectivity index (χ3n) is 4.10. The first kappa shape index (κ1) is 15.3. The maximum Gasteiger partial charge on any atom is 0.122 e. The maximum atomic E-state index is 9.92. The van der Waals surface area contributed by atoms with Crippen molar-refractivity contribution in [2.45, 2.75) is 38.4 Å². The number of ether oxygens (including phenoxy) is 1. The van der Waals surface area contributed by atoms with Crippen LogP contribution in [0.25, 0.3) is 0 Å². The zero-order valence-corrected chi connectivity index (χ0v) is 12.4. The van der Waals surface area contributed by atoms with Crippen LogP contribution in [0.2, 0.25) is 0 Å². The smallest absolute Gasteiger partial charge is 0.122 e. The van der Waals surface area contributed by atoms with E-state index < -0.39 is 11.7 Å². The van der Waals surface area contributed by atoms with Gasteiger partial charge in [0.15, 0.2) is 0 Å². The first-order valence-electron chi connectivity index (χ1n) is 7.36. The van der Waals surface area contributed by atoms with Crippen molar-refractivity contribution in [1.82, 2.24) is 4.90 Å². The third-order valence-corrected chi connectivity index (χ3v) is 4.10. The van der Waals surface area contributed by atoms with E-state index in [1.54, 1.807) is 6.92 Å². The topological polar surface area (TPSA) is 52.9 Å². The second-order valence-corrected chi connectivity index (χ2v) is 5.73. The molecule has 0 bridgehead atoms. The SMILES string of the molecule is CCc1ccccc1OCCN1CC[C@@](C)(O)[C@@H](O)C1. The largest absolute Gasteiger partial charge is 0.492 e. The number of aliphatic hydroxyl groups excluding tert-OH is 1. The fourth-order valence-electron chi connectivity index (χ4n) is 2.51. The van der Waals surface area contributed by atoms with Gasteiger partial charge in [0.1, 0.15) is 12.4 Å². The third kappa shape index (κ3) is 3.72. The van der Waals surface area contributed by atoms with Crippen LogP contribution in [0.15, 0.2) is 24.3 Å². The molecule has 2 N–H and O–H groups in total. The Morgan fingerprint density at radius 2 is 2.15 bits per heavy atom. The predicted molar refractivity (Wildman–Crippen MR) is 79.0 cm³/mol. The molecule has 1 aliphatic heterocycles. The number of rotatable bonds is 5. The molecule has 0 unspecified atom stereocenters. The van der Waals surface area contributed by atoms with Gasteiger partial charge in [-0.25, -0.2) is 0 Å². The van der Waals surface area contributed by atoms with Crippen molar-refractivity contribution in [2.75, 3.05) is 26.2 Å². The average molecular weight is 279 g/mol. The Morgan fingerprint density at radius 1 is 1.40 bits per heavy atom. The van der Waals surface area contributed by atoms with Crippen LogP contribution in [0.1, 0.15) is 25.8 Å². The standard InChI is InChI=1S/C16H25NO3/c1-3-13-6-4-5-7-14(13)20-11-10-17-9-8-16(2,19)15(18)12-17/h4-7,15,18-19H,3,8-12H2,1-2H3/t15-,16+/m0/s1. The quantitative estimate of drug-likeness (QED) is 0.856. The molecule has 0 saturated carbocycles. The van der Waals surface area contributed by atoms with Crippen molar-refractivity contribution >= 4 is 0 Å². The minimum Gasteiger partial charge on any atom is -0.492 e. The molecule has 1 fully saturated rings. The van der Waals surface area contributed by atoms with Gasteiger partial charge in [-0.3, -0.25) is 4.90 Å². The lowest BCUT2D eigenvalue weighted by atomic mass is 9.91. The van der Waals surface area contributed by atoms with Gasteiger partial charge < -0.3 is 14.9 Å². The Morgan fingerprint density at radius 3 is 2.85 bits per heavy atom. The van der Waals surface area contributed by atoms with Crippen LogP contribution in [-0.4, -0.2) is 53.1 Å². The van der Waals surface area contributed by atoms with Crippen LogP contribution in [0.4, 0.5) is 0 Å². The van der Waals surface area contributed by atoms with Gasteiger partial charge in [0.25, 0.3) is 0 Å². The van der Waals surface area contributed by atoms with Crippen LogP contribution in [0.3, 0.4) is 0 Å². The maximum absolute atomic E-state index is 9.92. The van der Waals surface area contributed by atoms with E-state index in [2.05, 4.69) is 17.9 Å². The molecule has 2 rings (SSSR count). The van der Waals surface area contributed by atoms with E-state index >= 15 is 0 Å². The van der Waals surface area contributed by atoms with Gasteiger partial charge in [0.2, 0.25) is 0 Å². The highest BCUT2D eigenvalue weighted by molar-refractivity contribution is 5.33. The molecule has 4 nitrogen and oxygen atoms in total. The number of hydrogen-bond donors (Lipinski definition) is 2. The zero-order valence-electron chi connectivity index (χ0n) is 12.4. The van der Waals surface area contributed by atoms with Crippen LogP contribution < -0.4 is 4.74 Å². The molecule has 112 valence electrons. The number of aliphatic hydroxyl groups is 2. The summed E-state index contributed by atoms with van der Waals surface area (Å²) < 4.78 is 5.83. The predicted octanol–water partition coefficient (Wildman–Crippen LogP) is 1.45. The van der Waals surface area contributed by atoms with Gasteiger partial charge in [-0.1, -0.05) is 25.1 Å². The van der Waals surface area contributed by atoms with Gasteiger partial charge in [-0.15, -0.1) is 0 Å². The molecule has 1 saturated heterocycles. The summed E-state index contributed by atoms with van der Waals surface area (Å²) in [6.07, 6.45) is 0.875. The molecule has 4 heteroatoms. The summed E-state index contributed by atoms with van der Waals surface area (Å²) in [5.74, 6) is 0.944. The summed E-state index contributed by atoms with van der Waals surface area (Å²) in [6, 6.07) is 8.08. The fraction of sp³-hybridized carbons (Fsp3) is 0.625. The molecule has 0 amide bonds. The number of piperidine rings is 1. The van der Waals surface area contributed by atoms with Gasteiger partial charge in [-0.05, 0) is 31.4 Å². The summed E-state index contributed by atoms with van der Waals surface area (Å²) in [5.41, 5.74) is 0.265. The molecule has 2 atom stereocenters. The number of para-hydroxylation sites is 1. The summed E-state index contributed by atoms with van der Waals surface area (Å²) in [5, 5.41) is 19.8. The summed E-state index contributed by atoms with van der Waals surface area (Å²) >= 11 is 0. The number of hydrogen-bond acceptors (Lipinski definition) is 4. The Bertz CT molecular complexity index is 433. The van der Waals surface area contributed by atoms with E-state index in [9.17, 15) is 10.2 Å². The molecule has 0 aromatic heterocycles. The lowest BCUT2D eigenvalue weighted by Crippen LogP contribution is -2.54. The summed E-state index contributed by atoms with van der Waals surface area (Å²) in [6.45, 7) is 6.49. The van der Waals surface area contributed by atoms with E-state index in [4.69, 9.17) is 4.74 Å². The molecule has 20 heavy (non-hydrogen) atoms. The van der Waals surface area contributed by atoms with Crippen molar-refractivity contribution in [3.63, 3.8) is 0 Å². The molecule has 1 aromatic rings. The minimum atomic E-state index is -0.952. The molecular weight excluding hydrogens is 254 g/mol. The first-order valence-corrected chi connectivity index (χ1v) is 7.36. The lowest BCUT2D eigenvalue weighted by molar-refractivity contribution is -0.108. The second kappa shape index (κ2) is 6.57. The van der Waals surface area contributed by atoms with Crippen LogP contribution in [0.5, 0.6) is 5.75 Å². The highest BCUT2D eigenvalue weighted by Gasteiger charge is 2.35. The number of likely N-dealkylation sites (tertiary alicyclic amines) is 1. The normalized spacial score (nSPS) is 27.5. The Labute approximate surface area is 121 Å². The highest BCUT2D eigenvalue weighted by Crippen LogP contribution is 2.22. The Kier molecular flexibility index (Phi) is 5.02. The molecule has 1 aliphatic rings. The van der Waals surface area contributed by atoms with Crippen molar-refractivity contribution in [1.29, 1.82) is 0 Å². The van der Waals surface area contributed by atoms with Crippen molar-refractivity contribution < 1.29 is 14.9 Å². The van der Waals surface area contributed by atoms with E-state index in [0.717, 1.165) is 25.3 Å². The van der Waals surface area contributed by atoms with Gasteiger partial charge in [0, 0.05) is 19.6 Å². The van der Waals surface area contributed by atoms with Crippen LogP contribution in [0, 0.1) is 0 Å². The summed E-state index contributed by atoms with van der Waals surface area (Å²) in [4.78, 5) is 2.14. The van der Waals surface area contributed by atoms with E-state index in [0.29, 0.717) is 19.6 Å². The minimum absolute atomic E-state index is 0.506. The fourth-order valence-corrected chi connectivity index (χ4v) is 2.51. The van der Waals surface area contributed by atoms with Crippen LogP contribution in [-0.2, 0) is 6.42 Å². The van der Waals surface area contributed by atoms with Gasteiger partial charge in [-0.2, -0.15) is 0 Å². The second-order valence-electron chi connectivity index (χ2n) is 5.73. The van der Waals surface area contributed by atoms with E-state index in [-0.39, 0.29) is 0 Å². The first-order chi connectivity index (χ1) is 9.53. The van der Waals surface area contributed by atoms with E-state index in [1.165, 1.54) is 5.56 Å². The molecule has 1 heterocycles. The molecular formula is C16H25NO3. The number of nitrogens with zero attached hydrogens (tertiary/aromatic N) is 1. The van der Waals surface area contributed by atoms with Crippen LogP contribution >= 0.6 is 0 Å². The van der Waals surface area contributed by atoms with Crippen molar-refractivity contribution in [3.05, 3.63) is 29.8 Å². The molecule has 0 aliphatic carbocycles. The van der Waals surface area contributed by atoms with Gasteiger partial charge in [0.05, 0.1) is 11.7 Å². The molecule has 1 aromatic carbocycles. The molecule has 0 spiro atoms. The van der Waals surface area contributed by atoms with Crippen molar-refractivity contribution in [3.8, 4) is 5.75 Å². The lowest BCUT2D eigenvalue weighted by Gasteiger charge is -2.39. The van der Waals surface area contributed by atoms with E-state index in [1.807, 2.05) is 18.2 Å². The summed E-state index contributed by atoms with van der Waals surface area (Å²) in [7, 11) is 0. The average Bonchev–Trinajstić information content (AvgIpc) is 2.43. The van der Waals surface area contributed by atoms with Gasteiger partial charge >= 0.3 is 0 Å². The Balaban J connectivity index is 1.79. The number of aryl methyl sites for hydroxylation is 1. The number of benzene rings is 1.